The van der Waals surface area contributed by atoms with Gasteiger partial charge in [-0.2, -0.15) is 0 Å². The van der Waals surface area contributed by atoms with Crippen LogP contribution in [0.1, 0.15) is 30.4 Å². The molecule has 1 aliphatic heterocycles. The molecule has 0 radical (unpaired) electrons. The van der Waals surface area contributed by atoms with E-state index in [4.69, 9.17) is 4.74 Å². The first-order chi connectivity index (χ1) is 12.6. The molecule has 1 saturated heterocycles. The maximum Gasteiger partial charge on any atom is 0.308 e. The Morgan fingerprint density at radius 3 is 2.85 bits per heavy atom. The Balaban J connectivity index is 1.53. The van der Waals surface area contributed by atoms with Crippen molar-refractivity contribution in [2.24, 2.45) is 11.8 Å². The standard InChI is InChI=1S/C20H26N2O4/c1-13-3-2-4-16-15(11-22-19(13)16)5-6-18(23)21-12-17(20(24)25)14-7-9-26-10-8-14/h2-4,11,14,17,22H,5-10,12H2,1H3,(H,21,23)(H,24,25). The van der Waals surface area contributed by atoms with Gasteiger partial charge >= 0.3 is 5.97 Å². The second kappa shape index (κ2) is 8.36. The lowest BCUT2D eigenvalue weighted by molar-refractivity contribution is -0.144. The predicted octanol–water partition coefficient (Wildman–Crippen LogP) is 2.65. The highest BCUT2D eigenvalue weighted by atomic mass is 16.5. The van der Waals surface area contributed by atoms with Crippen molar-refractivity contribution in [1.29, 1.82) is 0 Å². The number of para-hydroxylation sites is 1. The van der Waals surface area contributed by atoms with Crippen LogP contribution in [0.25, 0.3) is 10.9 Å². The highest BCUT2D eigenvalue weighted by molar-refractivity contribution is 5.86. The molecular formula is C20H26N2O4. The van der Waals surface area contributed by atoms with E-state index in [-0.39, 0.29) is 18.4 Å². The van der Waals surface area contributed by atoms with Gasteiger partial charge in [0.15, 0.2) is 0 Å². The molecule has 0 saturated carbocycles. The molecule has 0 aliphatic carbocycles. The fourth-order valence-corrected chi connectivity index (χ4v) is 3.70. The molecule has 140 valence electrons. The van der Waals surface area contributed by atoms with Gasteiger partial charge in [-0.25, -0.2) is 0 Å². The van der Waals surface area contributed by atoms with E-state index in [0.29, 0.717) is 26.1 Å². The number of amides is 1. The fourth-order valence-electron chi connectivity index (χ4n) is 3.70. The summed E-state index contributed by atoms with van der Waals surface area (Å²) in [5, 5.41) is 13.4. The van der Waals surface area contributed by atoms with Crippen LogP contribution in [-0.4, -0.2) is 41.7 Å². The van der Waals surface area contributed by atoms with Crippen molar-refractivity contribution in [3.8, 4) is 0 Å². The Morgan fingerprint density at radius 1 is 1.35 bits per heavy atom. The summed E-state index contributed by atoms with van der Waals surface area (Å²) in [4.78, 5) is 27.0. The third-order valence-electron chi connectivity index (χ3n) is 5.30. The number of hydrogen-bond donors (Lipinski definition) is 3. The van der Waals surface area contributed by atoms with Gasteiger partial charge in [0, 0.05) is 43.3 Å². The van der Waals surface area contributed by atoms with E-state index in [1.165, 1.54) is 5.56 Å². The number of carbonyl (C=O) groups is 2. The molecule has 1 amide bonds. The first-order valence-electron chi connectivity index (χ1n) is 9.19. The molecule has 1 fully saturated rings. The largest absolute Gasteiger partial charge is 0.481 e. The monoisotopic (exact) mass is 358 g/mol. The van der Waals surface area contributed by atoms with E-state index < -0.39 is 11.9 Å². The summed E-state index contributed by atoms with van der Waals surface area (Å²) in [5.74, 6) is -1.42. The third-order valence-corrected chi connectivity index (χ3v) is 5.30. The molecule has 1 atom stereocenters. The molecule has 2 heterocycles. The van der Waals surface area contributed by atoms with Gasteiger partial charge < -0.3 is 20.1 Å². The molecule has 2 aromatic rings. The maximum atomic E-state index is 12.2. The van der Waals surface area contributed by atoms with Gasteiger partial charge in [-0.3, -0.25) is 9.59 Å². The Labute approximate surface area is 152 Å². The van der Waals surface area contributed by atoms with Crippen LogP contribution in [0.4, 0.5) is 0 Å². The van der Waals surface area contributed by atoms with Crippen LogP contribution in [0.15, 0.2) is 24.4 Å². The number of carboxylic acids is 1. The normalized spacial score (nSPS) is 16.5. The quantitative estimate of drug-likeness (QED) is 0.710. The van der Waals surface area contributed by atoms with E-state index in [0.717, 1.165) is 29.3 Å². The third kappa shape index (κ3) is 4.25. The number of aromatic amines is 1. The second-order valence-corrected chi connectivity index (χ2v) is 7.01. The lowest BCUT2D eigenvalue weighted by Crippen LogP contribution is -2.39. The van der Waals surface area contributed by atoms with E-state index in [2.05, 4.69) is 29.4 Å². The molecule has 3 rings (SSSR count). The number of ether oxygens (including phenoxy) is 1. The number of rotatable bonds is 7. The number of carbonyl (C=O) groups excluding carboxylic acids is 1. The van der Waals surface area contributed by atoms with E-state index in [1.54, 1.807) is 0 Å². The van der Waals surface area contributed by atoms with Gasteiger partial charge in [0.1, 0.15) is 0 Å². The summed E-state index contributed by atoms with van der Waals surface area (Å²) in [6.07, 6.45) is 4.40. The molecule has 0 bridgehead atoms. The Kier molecular flexibility index (Phi) is 5.93. The number of hydrogen-bond acceptors (Lipinski definition) is 3. The zero-order valence-electron chi connectivity index (χ0n) is 15.1. The lowest BCUT2D eigenvalue weighted by atomic mass is 9.86. The van der Waals surface area contributed by atoms with Crippen LogP contribution in [0.5, 0.6) is 0 Å². The average Bonchev–Trinajstić information content (AvgIpc) is 3.05. The van der Waals surface area contributed by atoms with Crippen LogP contribution in [0.2, 0.25) is 0 Å². The smallest absolute Gasteiger partial charge is 0.308 e. The summed E-state index contributed by atoms with van der Waals surface area (Å²) in [7, 11) is 0. The highest BCUT2D eigenvalue weighted by Gasteiger charge is 2.29. The Morgan fingerprint density at radius 2 is 2.12 bits per heavy atom. The molecule has 26 heavy (non-hydrogen) atoms. The van der Waals surface area contributed by atoms with Crippen molar-refractivity contribution in [1.82, 2.24) is 10.3 Å². The molecule has 6 nitrogen and oxygen atoms in total. The fraction of sp³-hybridized carbons (Fsp3) is 0.500. The Hall–Kier alpha value is -2.34. The number of aromatic nitrogens is 1. The minimum atomic E-state index is -0.843. The zero-order chi connectivity index (χ0) is 18.5. The number of benzene rings is 1. The summed E-state index contributed by atoms with van der Waals surface area (Å²) < 4.78 is 5.30. The van der Waals surface area contributed by atoms with Crippen molar-refractivity contribution in [2.75, 3.05) is 19.8 Å². The topological polar surface area (TPSA) is 91.4 Å². The summed E-state index contributed by atoms with van der Waals surface area (Å²) in [6.45, 7) is 3.44. The van der Waals surface area contributed by atoms with E-state index >= 15 is 0 Å². The average molecular weight is 358 g/mol. The van der Waals surface area contributed by atoms with Gasteiger partial charge in [-0.15, -0.1) is 0 Å². The molecule has 3 N–H and O–H groups in total. The zero-order valence-corrected chi connectivity index (χ0v) is 15.1. The molecule has 1 aromatic carbocycles. The van der Waals surface area contributed by atoms with Gasteiger partial charge in [0.2, 0.25) is 5.91 Å². The number of H-pyrrole nitrogens is 1. The van der Waals surface area contributed by atoms with Crippen molar-refractivity contribution in [2.45, 2.75) is 32.6 Å². The van der Waals surface area contributed by atoms with Crippen molar-refractivity contribution in [3.05, 3.63) is 35.5 Å². The lowest BCUT2D eigenvalue weighted by Gasteiger charge is -2.27. The highest BCUT2D eigenvalue weighted by Crippen LogP contribution is 2.24. The van der Waals surface area contributed by atoms with Gasteiger partial charge in [-0.1, -0.05) is 18.2 Å². The summed E-state index contributed by atoms with van der Waals surface area (Å²) >= 11 is 0. The molecular weight excluding hydrogens is 332 g/mol. The van der Waals surface area contributed by atoms with E-state index in [9.17, 15) is 14.7 Å². The van der Waals surface area contributed by atoms with Crippen LogP contribution in [0.3, 0.4) is 0 Å². The molecule has 1 aromatic heterocycles. The minimum absolute atomic E-state index is 0.0677. The van der Waals surface area contributed by atoms with E-state index in [1.807, 2.05) is 12.3 Å². The minimum Gasteiger partial charge on any atom is -0.481 e. The van der Waals surface area contributed by atoms with Gasteiger partial charge in [0.05, 0.1) is 5.92 Å². The van der Waals surface area contributed by atoms with Crippen molar-refractivity contribution >= 4 is 22.8 Å². The van der Waals surface area contributed by atoms with Crippen LogP contribution in [-0.2, 0) is 20.7 Å². The number of aliphatic carboxylic acids is 1. The molecule has 0 spiro atoms. The van der Waals surface area contributed by atoms with Gasteiger partial charge in [-0.05, 0) is 43.2 Å². The molecule has 6 heteroatoms. The number of fused-ring (bicyclic) bond motifs is 1. The maximum absolute atomic E-state index is 12.2. The summed E-state index contributed by atoms with van der Waals surface area (Å²) in [6, 6.07) is 6.12. The first kappa shape index (κ1) is 18.5. The van der Waals surface area contributed by atoms with Crippen LogP contribution < -0.4 is 5.32 Å². The van der Waals surface area contributed by atoms with Gasteiger partial charge in [0.25, 0.3) is 0 Å². The first-order valence-corrected chi connectivity index (χ1v) is 9.19. The Bertz CT molecular complexity index is 777. The number of carboxylic acid groups (broad SMARTS) is 1. The SMILES string of the molecule is Cc1cccc2c(CCC(=O)NCC(C(=O)O)C3CCOCC3)c[nH]c12. The molecule has 1 unspecified atom stereocenters. The van der Waals surface area contributed by atoms with Crippen LogP contribution in [0, 0.1) is 18.8 Å². The second-order valence-electron chi connectivity index (χ2n) is 7.01. The summed E-state index contributed by atoms with van der Waals surface area (Å²) in [5.41, 5.74) is 3.39. The number of aryl methyl sites for hydroxylation is 2. The van der Waals surface area contributed by atoms with Crippen LogP contribution >= 0.6 is 0 Å². The van der Waals surface area contributed by atoms with Crippen molar-refractivity contribution in [3.63, 3.8) is 0 Å². The van der Waals surface area contributed by atoms with Crippen molar-refractivity contribution < 1.29 is 19.4 Å². The molecule has 1 aliphatic rings. The predicted molar refractivity (Wildman–Crippen MR) is 99.0 cm³/mol. The number of nitrogens with one attached hydrogen (secondary N) is 2.